The van der Waals surface area contributed by atoms with Crippen LogP contribution in [0.5, 0.6) is 0 Å². The zero-order valence-electron chi connectivity index (χ0n) is 11.6. The van der Waals surface area contributed by atoms with Gasteiger partial charge in [-0.15, -0.1) is 0 Å². The zero-order valence-corrected chi connectivity index (χ0v) is 11.6. The molecule has 0 aliphatic rings. The van der Waals surface area contributed by atoms with Crippen LogP contribution in [0.15, 0.2) is 29.3 Å². The van der Waals surface area contributed by atoms with E-state index < -0.39 is 0 Å². The minimum atomic E-state index is 0.366. The number of nitrogens with zero attached hydrogens (tertiary/aromatic N) is 1. The lowest BCUT2D eigenvalue weighted by Crippen LogP contribution is -2.19. The summed E-state index contributed by atoms with van der Waals surface area (Å²) in [5, 5.41) is 0. The summed E-state index contributed by atoms with van der Waals surface area (Å²) in [4.78, 5) is 9.50. The fraction of sp³-hybridized carbons (Fsp3) is 0.500. The van der Waals surface area contributed by atoms with E-state index in [2.05, 4.69) is 48.6 Å². The maximum Gasteiger partial charge on any atom is 0.235 e. The Morgan fingerprint density at radius 1 is 1.28 bits per heavy atom. The van der Waals surface area contributed by atoms with Crippen molar-refractivity contribution in [3.05, 3.63) is 35.4 Å². The van der Waals surface area contributed by atoms with Crippen LogP contribution in [0, 0.1) is 0 Å². The van der Waals surface area contributed by atoms with Gasteiger partial charge in [0.25, 0.3) is 0 Å². The van der Waals surface area contributed by atoms with Crippen LogP contribution in [0.25, 0.3) is 0 Å². The lowest BCUT2D eigenvalue weighted by Gasteiger charge is -2.07. The van der Waals surface area contributed by atoms with Gasteiger partial charge in [0.05, 0.1) is 6.54 Å². The number of aliphatic imine (C=N–C) groups is 1. The molecule has 0 aromatic heterocycles. The van der Waals surface area contributed by atoms with E-state index in [1.807, 2.05) is 0 Å². The van der Waals surface area contributed by atoms with Crippen molar-refractivity contribution in [3.63, 3.8) is 0 Å². The molecule has 1 aromatic carbocycles. The molecule has 1 N–H and O–H groups in total. The molecular formula is C14H22N2O2. The molecular weight excluding hydrogens is 228 g/mol. The van der Waals surface area contributed by atoms with Crippen molar-refractivity contribution < 1.29 is 9.57 Å². The predicted molar refractivity (Wildman–Crippen MR) is 73.7 cm³/mol. The third-order valence-electron chi connectivity index (χ3n) is 2.57. The predicted octanol–water partition coefficient (Wildman–Crippen LogP) is 2.51. The van der Waals surface area contributed by atoms with Gasteiger partial charge in [0.15, 0.2) is 0 Å². The van der Waals surface area contributed by atoms with Gasteiger partial charge >= 0.3 is 0 Å². The Kier molecular flexibility index (Phi) is 6.39. The van der Waals surface area contributed by atoms with Crippen LogP contribution in [-0.2, 0) is 16.1 Å². The molecule has 0 bridgehead atoms. The Labute approximate surface area is 109 Å². The summed E-state index contributed by atoms with van der Waals surface area (Å²) in [5.74, 6) is 1.10. The van der Waals surface area contributed by atoms with E-state index >= 15 is 0 Å². The van der Waals surface area contributed by atoms with Gasteiger partial charge in [-0.2, -0.15) is 5.48 Å². The molecule has 0 aliphatic heterocycles. The normalized spacial score (nSPS) is 11.9. The summed E-state index contributed by atoms with van der Waals surface area (Å²) in [7, 11) is 3.31. The first kappa shape index (κ1) is 14.7. The van der Waals surface area contributed by atoms with Crippen LogP contribution in [0.2, 0.25) is 0 Å². The van der Waals surface area contributed by atoms with Crippen molar-refractivity contribution in [3.8, 4) is 0 Å². The summed E-state index contributed by atoms with van der Waals surface area (Å²) in [6.45, 7) is 5.33. The molecule has 100 valence electrons. The molecule has 0 saturated heterocycles. The molecule has 4 heteroatoms. The van der Waals surface area contributed by atoms with Gasteiger partial charge in [-0.05, 0) is 17.0 Å². The van der Waals surface area contributed by atoms with Crippen LogP contribution >= 0.6 is 0 Å². The fourth-order valence-electron chi connectivity index (χ4n) is 1.54. The number of methoxy groups -OCH3 is 1. The van der Waals surface area contributed by atoms with Crippen LogP contribution in [0.4, 0.5) is 0 Å². The molecule has 0 heterocycles. The van der Waals surface area contributed by atoms with Crippen molar-refractivity contribution >= 4 is 5.90 Å². The van der Waals surface area contributed by atoms with E-state index in [0.717, 1.165) is 5.56 Å². The summed E-state index contributed by atoms with van der Waals surface area (Å²) in [6, 6.07) is 8.49. The summed E-state index contributed by atoms with van der Waals surface area (Å²) < 4.78 is 5.00. The molecule has 18 heavy (non-hydrogen) atoms. The Morgan fingerprint density at radius 3 is 2.44 bits per heavy atom. The van der Waals surface area contributed by atoms with Gasteiger partial charge in [0.2, 0.25) is 5.90 Å². The van der Waals surface area contributed by atoms with Crippen molar-refractivity contribution in [2.75, 3.05) is 20.8 Å². The monoisotopic (exact) mass is 250 g/mol. The molecule has 0 saturated carbocycles. The molecule has 1 aromatic rings. The largest absolute Gasteiger partial charge is 0.391 e. The highest BCUT2D eigenvalue weighted by Crippen LogP contribution is 2.15. The van der Waals surface area contributed by atoms with Crippen LogP contribution in [0.1, 0.15) is 30.9 Å². The highest BCUT2D eigenvalue weighted by atomic mass is 16.7. The number of hydroxylamine groups is 1. The molecule has 0 fully saturated rings. The Morgan fingerprint density at radius 2 is 1.94 bits per heavy atom. The summed E-state index contributed by atoms with van der Waals surface area (Å²) in [5.41, 5.74) is 5.10. The third-order valence-corrected chi connectivity index (χ3v) is 2.57. The van der Waals surface area contributed by atoms with E-state index in [9.17, 15) is 0 Å². The van der Waals surface area contributed by atoms with Gasteiger partial charge in [-0.1, -0.05) is 38.1 Å². The molecule has 0 unspecified atom stereocenters. The quantitative estimate of drug-likeness (QED) is 0.479. The second-order valence-corrected chi connectivity index (χ2v) is 4.35. The van der Waals surface area contributed by atoms with Crippen molar-refractivity contribution in [2.24, 2.45) is 4.99 Å². The van der Waals surface area contributed by atoms with Crippen LogP contribution in [-0.4, -0.2) is 26.7 Å². The number of nitrogens with one attached hydrogen (secondary N) is 1. The van der Waals surface area contributed by atoms with Crippen molar-refractivity contribution in [1.82, 2.24) is 5.48 Å². The van der Waals surface area contributed by atoms with E-state index in [4.69, 9.17) is 9.57 Å². The summed E-state index contributed by atoms with van der Waals surface area (Å²) >= 11 is 0. The average molecular weight is 250 g/mol. The highest BCUT2D eigenvalue weighted by Gasteiger charge is 2.01. The van der Waals surface area contributed by atoms with Gasteiger partial charge in [0, 0.05) is 14.2 Å². The second kappa shape index (κ2) is 7.84. The van der Waals surface area contributed by atoms with Crippen LogP contribution < -0.4 is 5.48 Å². The number of rotatable bonds is 6. The lowest BCUT2D eigenvalue weighted by atomic mass is 10.0. The number of hydrogen-bond donors (Lipinski definition) is 1. The molecule has 0 atom stereocenters. The standard InChI is InChI=1S/C14H22N2O2/c1-11(2)13-7-5-12(6-8-13)9-16-14(10-17-4)18-15-3/h5-8,11,15H,9-10H2,1-4H3. The molecule has 4 nitrogen and oxygen atoms in total. The van der Waals surface area contributed by atoms with E-state index in [1.54, 1.807) is 14.2 Å². The second-order valence-electron chi connectivity index (χ2n) is 4.35. The van der Waals surface area contributed by atoms with Crippen molar-refractivity contribution in [1.29, 1.82) is 0 Å². The fourth-order valence-corrected chi connectivity index (χ4v) is 1.54. The molecule has 0 aliphatic carbocycles. The average Bonchev–Trinajstić information content (AvgIpc) is 2.37. The summed E-state index contributed by atoms with van der Waals surface area (Å²) in [6.07, 6.45) is 0. The maximum atomic E-state index is 5.14. The molecule has 0 radical (unpaired) electrons. The lowest BCUT2D eigenvalue weighted by molar-refractivity contribution is 0.160. The topological polar surface area (TPSA) is 42.8 Å². The molecule has 1 rings (SSSR count). The smallest absolute Gasteiger partial charge is 0.235 e. The first-order valence-electron chi connectivity index (χ1n) is 6.12. The minimum absolute atomic E-state index is 0.366. The van der Waals surface area contributed by atoms with E-state index in [1.165, 1.54) is 5.56 Å². The first-order valence-corrected chi connectivity index (χ1v) is 6.12. The Balaban J connectivity index is 2.62. The maximum absolute atomic E-state index is 5.14. The number of benzene rings is 1. The van der Waals surface area contributed by atoms with Gasteiger partial charge < -0.3 is 9.57 Å². The van der Waals surface area contributed by atoms with Gasteiger partial charge in [-0.3, -0.25) is 0 Å². The number of ether oxygens (including phenoxy) is 1. The molecule has 0 amide bonds. The van der Waals surface area contributed by atoms with E-state index in [0.29, 0.717) is 25.0 Å². The Hall–Kier alpha value is -1.39. The van der Waals surface area contributed by atoms with Crippen LogP contribution in [0.3, 0.4) is 0 Å². The highest BCUT2D eigenvalue weighted by molar-refractivity contribution is 5.77. The van der Waals surface area contributed by atoms with E-state index in [-0.39, 0.29) is 0 Å². The Bertz CT molecular complexity index is 364. The molecule has 0 spiro atoms. The number of hydrogen-bond acceptors (Lipinski definition) is 4. The van der Waals surface area contributed by atoms with Gasteiger partial charge in [-0.25, -0.2) is 4.99 Å². The SMILES string of the molecule is CNOC(COC)=NCc1ccc(C(C)C)cc1. The third kappa shape index (κ3) is 4.85. The minimum Gasteiger partial charge on any atom is -0.391 e. The van der Waals surface area contributed by atoms with Crippen molar-refractivity contribution in [2.45, 2.75) is 26.3 Å². The zero-order chi connectivity index (χ0) is 13.4. The first-order chi connectivity index (χ1) is 8.67. The van der Waals surface area contributed by atoms with Gasteiger partial charge in [0.1, 0.15) is 6.61 Å².